The Hall–Kier alpha value is -4.09. The molecule has 5 rings (SSSR count). The summed E-state index contributed by atoms with van der Waals surface area (Å²) in [6.07, 6.45) is 2.64. The van der Waals surface area contributed by atoms with Crippen LogP contribution >= 0.6 is 0 Å². The number of alkyl halides is 2. The van der Waals surface area contributed by atoms with Gasteiger partial charge in [-0.05, 0) is 59.2 Å². The van der Waals surface area contributed by atoms with Crippen LogP contribution in [-0.4, -0.2) is 45.5 Å². The molecule has 7 nitrogen and oxygen atoms in total. The summed E-state index contributed by atoms with van der Waals surface area (Å²) in [6.45, 7) is -2.82. The molecule has 0 amide bonds. The number of rotatable bonds is 9. The van der Waals surface area contributed by atoms with Gasteiger partial charge in [0.05, 0.1) is 27.4 Å². The Morgan fingerprint density at radius 3 is 2.15 bits per heavy atom. The Morgan fingerprint density at radius 1 is 0.780 bits per heavy atom. The Morgan fingerprint density at radius 2 is 1.46 bits per heavy atom. The highest BCUT2D eigenvalue weighted by Crippen LogP contribution is 2.30. The van der Waals surface area contributed by atoms with Crippen LogP contribution in [0, 0.1) is 0 Å². The number of benzene rings is 4. The van der Waals surface area contributed by atoms with Crippen LogP contribution in [0.4, 0.5) is 8.78 Å². The van der Waals surface area contributed by atoms with E-state index >= 15 is 0 Å². The molecule has 11 heteroatoms. The van der Waals surface area contributed by atoms with Gasteiger partial charge < -0.3 is 9.30 Å². The highest BCUT2D eigenvalue weighted by atomic mass is 32.2. The second-order valence-electron chi connectivity index (χ2n) is 9.70. The van der Waals surface area contributed by atoms with Crippen LogP contribution in [0.3, 0.4) is 0 Å². The molecule has 212 valence electrons. The van der Waals surface area contributed by atoms with E-state index in [-0.39, 0.29) is 22.1 Å². The topological polar surface area (TPSA) is 95.3 Å². The van der Waals surface area contributed by atoms with Crippen molar-refractivity contribution in [2.75, 3.05) is 12.5 Å². The Kier molecular flexibility index (Phi) is 7.67. The molecule has 0 aliphatic heterocycles. The fraction of sp³-hybridized carbons (Fsp3) is 0.167. The summed E-state index contributed by atoms with van der Waals surface area (Å²) in [7, 11) is -6.77. The van der Waals surface area contributed by atoms with E-state index in [1.807, 2.05) is 28.8 Å². The first-order valence-corrected chi connectivity index (χ1v) is 16.3. The minimum Gasteiger partial charge on any atom is -0.434 e. The molecule has 41 heavy (non-hydrogen) atoms. The number of ether oxygens (including phenoxy) is 1. The normalized spacial score (nSPS) is 12.2. The Balaban J connectivity index is 1.63. The largest absolute Gasteiger partial charge is 0.434 e. The first-order chi connectivity index (χ1) is 19.4. The zero-order valence-electron chi connectivity index (χ0n) is 22.2. The molecule has 0 spiro atoms. The van der Waals surface area contributed by atoms with Crippen molar-refractivity contribution in [2.24, 2.45) is 0 Å². The summed E-state index contributed by atoms with van der Waals surface area (Å²) in [5, 5.41) is 0. The molecule has 1 heterocycles. The van der Waals surface area contributed by atoms with Crippen LogP contribution in [0.1, 0.15) is 17.0 Å². The molecule has 0 radical (unpaired) electrons. The van der Waals surface area contributed by atoms with Crippen molar-refractivity contribution in [2.45, 2.75) is 29.4 Å². The maximum absolute atomic E-state index is 13.1. The lowest BCUT2D eigenvalue weighted by Gasteiger charge is -2.14. The van der Waals surface area contributed by atoms with Gasteiger partial charge in [0.15, 0.2) is 19.7 Å². The summed E-state index contributed by atoms with van der Waals surface area (Å²) < 4.78 is 81.0. The Labute approximate surface area is 236 Å². The van der Waals surface area contributed by atoms with Crippen molar-refractivity contribution < 1.29 is 30.4 Å². The molecule has 0 atom stereocenters. The van der Waals surface area contributed by atoms with E-state index in [0.717, 1.165) is 23.6 Å². The molecule has 1 aromatic heterocycles. The highest BCUT2D eigenvalue weighted by molar-refractivity contribution is 7.91. The lowest BCUT2D eigenvalue weighted by Crippen LogP contribution is -2.10. The fourth-order valence-corrected chi connectivity index (χ4v) is 5.92. The van der Waals surface area contributed by atoms with Crippen LogP contribution in [0.15, 0.2) is 101 Å². The average Bonchev–Trinajstić information content (AvgIpc) is 3.24. The number of fused-ring (bicyclic) bond motifs is 1. The number of sulfone groups is 2. The van der Waals surface area contributed by atoms with E-state index in [1.54, 1.807) is 42.5 Å². The quantitative estimate of drug-likeness (QED) is 0.215. The van der Waals surface area contributed by atoms with Crippen molar-refractivity contribution >= 4 is 30.7 Å². The van der Waals surface area contributed by atoms with Gasteiger partial charge >= 0.3 is 6.61 Å². The molecule has 5 aromatic rings. The van der Waals surface area contributed by atoms with Crippen molar-refractivity contribution in [3.63, 3.8) is 0 Å². The number of aromatic nitrogens is 2. The standard InChI is InChI=1S/C30H26F2N2O5S2/c1-40(35,36)24-13-10-20(11-14-24)16-29-33-26-15-12-22(21-7-5-8-25(17-21)41(2,37)38)18-27(26)34(29)19-23-6-3-4-9-28(23)39-30(31)32/h3-15,17-18,30H,16,19H2,1-2H3. The van der Waals surface area contributed by atoms with Gasteiger partial charge in [-0.15, -0.1) is 0 Å². The van der Waals surface area contributed by atoms with Gasteiger partial charge in [-0.25, -0.2) is 21.8 Å². The maximum atomic E-state index is 13.1. The first-order valence-electron chi connectivity index (χ1n) is 12.5. The third-order valence-corrected chi connectivity index (χ3v) is 8.89. The van der Waals surface area contributed by atoms with E-state index in [0.29, 0.717) is 34.4 Å². The minimum atomic E-state index is -3.41. The second-order valence-corrected chi connectivity index (χ2v) is 13.7. The van der Waals surface area contributed by atoms with Crippen LogP contribution < -0.4 is 4.74 Å². The summed E-state index contributed by atoms with van der Waals surface area (Å²) in [5.41, 5.74) is 4.15. The summed E-state index contributed by atoms with van der Waals surface area (Å²) in [6, 6.07) is 25.2. The predicted octanol–water partition coefficient (Wildman–Crippen LogP) is 5.75. The van der Waals surface area contributed by atoms with Gasteiger partial charge in [-0.3, -0.25) is 0 Å². The smallest absolute Gasteiger partial charge is 0.387 e. The van der Waals surface area contributed by atoms with Crippen LogP contribution in [0.25, 0.3) is 22.2 Å². The minimum absolute atomic E-state index is 0.0461. The highest BCUT2D eigenvalue weighted by Gasteiger charge is 2.17. The van der Waals surface area contributed by atoms with E-state index in [9.17, 15) is 25.6 Å². The summed E-state index contributed by atoms with van der Waals surface area (Å²) >= 11 is 0. The maximum Gasteiger partial charge on any atom is 0.387 e. The van der Waals surface area contributed by atoms with Crippen LogP contribution in [0.2, 0.25) is 0 Å². The molecule has 0 N–H and O–H groups in total. The molecule has 0 aliphatic rings. The SMILES string of the molecule is CS(=O)(=O)c1ccc(Cc2nc3ccc(-c4cccc(S(C)(=O)=O)c4)cc3n2Cc2ccccc2OC(F)F)cc1. The summed E-state index contributed by atoms with van der Waals surface area (Å²) in [4.78, 5) is 5.21. The molecule has 0 fully saturated rings. The monoisotopic (exact) mass is 596 g/mol. The zero-order valence-corrected chi connectivity index (χ0v) is 23.8. The summed E-state index contributed by atoms with van der Waals surface area (Å²) in [5.74, 6) is 0.672. The van der Waals surface area contributed by atoms with Gasteiger partial charge in [0, 0.05) is 24.5 Å². The third kappa shape index (κ3) is 6.47. The second kappa shape index (κ2) is 11.1. The first kappa shape index (κ1) is 28.4. The number of nitrogens with zero attached hydrogens (tertiary/aromatic N) is 2. The number of hydrogen-bond donors (Lipinski definition) is 0. The molecule has 0 unspecified atom stereocenters. The molecule has 4 aromatic carbocycles. The fourth-order valence-electron chi connectivity index (χ4n) is 4.62. The molecular weight excluding hydrogens is 570 g/mol. The van der Waals surface area contributed by atoms with Crippen LogP contribution in [-0.2, 0) is 32.6 Å². The molecule has 0 saturated heterocycles. The third-order valence-electron chi connectivity index (χ3n) is 6.65. The molecule has 0 saturated carbocycles. The number of imidazole rings is 1. The van der Waals surface area contributed by atoms with E-state index in [1.165, 1.54) is 24.3 Å². The van der Waals surface area contributed by atoms with Crippen molar-refractivity contribution in [1.29, 1.82) is 0 Å². The average molecular weight is 597 g/mol. The number of hydrogen-bond acceptors (Lipinski definition) is 6. The number of para-hydroxylation sites is 1. The van der Waals surface area contributed by atoms with E-state index in [2.05, 4.69) is 0 Å². The van der Waals surface area contributed by atoms with Crippen LogP contribution in [0.5, 0.6) is 5.75 Å². The van der Waals surface area contributed by atoms with E-state index in [4.69, 9.17) is 9.72 Å². The van der Waals surface area contributed by atoms with E-state index < -0.39 is 26.3 Å². The van der Waals surface area contributed by atoms with Gasteiger partial charge in [0.25, 0.3) is 0 Å². The van der Waals surface area contributed by atoms with Gasteiger partial charge in [-0.2, -0.15) is 8.78 Å². The number of halogens is 2. The zero-order chi connectivity index (χ0) is 29.4. The van der Waals surface area contributed by atoms with Crippen molar-refractivity contribution in [3.05, 3.63) is 108 Å². The molecule has 0 aliphatic carbocycles. The molecule has 0 bridgehead atoms. The van der Waals surface area contributed by atoms with Gasteiger partial charge in [0.2, 0.25) is 0 Å². The van der Waals surface area contributed by atoms with Crippen molar-refractivity contribution in [1.82, 2.24) is 9.55 Å². The Bertz CT molecular complexity index is 1950. The molecular formula is C30H26F2N2O5S2. The lowest BCUT2D eigenvalue weighted by molar-refractivity contribution is -0.0504. The van der Waals surface area contributed by atoms with Crippen molar-refractivity contribution in [3.8, 4) is 16.9 Å². The lowest BCUT2D eigenvalue weighted by atomic mass is 10.1. The van der Waals surface area contributed by atoms with Gasteiger partial charge in [-0.1, -0.05) is 48.5 Å². The van der Waals surface area contributed by atoms with Gasteiger partial charge in [0.1, 0.15) is 11.6 Å². The predicted molar refractivity (Wildman–Crippen MR) is 153 cm³/mol.